The summed E-state index contributed by atoms with van der Waals surface area (Å²) in [7, 11) is 0. The fourth-order valence-electron chi connectivity index (χ4n) is 5.32. The van der Waals surface area contributed by atoms with Gasteiger partial charge in [0.25, 0.3) is 0 Å². The molecule has 4 rings (SSSR count). The van der Waals surface area contributed by atoms with E-state index in [2.05, 4.69) is 36.7 Å². The molecule has 1 saturated heterocycles. The Morgan fingerprint density at radius 2 is 1.76 bits per heavy atom. The lowest BCUT2D eigenvalue weighted by atomic mass is 9.72. The van der Waals surface area contributed by atoms with Gasteiger partial charge in [-0.25, -0.2) is 0 Å². The Kier molecular flexibility index (Phi) is 9.13. The summed E-state index contributed by atoms with van der Waals surface area (Å²) in [6.45, 7) is 9.79. The first-order valence-electron chi connectivity index (χ1n) is 12.5. The molecule has 0 atom stereocenters. The van der Waals surface area contributed by atoms with E-state index in [1.165, 1.54) is 37.7 Å². The van der Waals surface area contributed by atoms with Gasteiger partial charge >= 0.3 is 5.97 Å². The molecular formula is C28H40FNO3. The molecule has 182 valence electrons. The van der Waals surface area contributed by atoms with Gasteiger partial charge in [-0.3, -0.25) is 14.6 Å². The normalized spacial score (nSPS) is 18.5. The molecule has 1 saturated carbocycles. The Bertz CT molecular complexity index is 894. The van der Waals surface area contributed by atoms with Crippen molar-refractivity contribution in [3.05, 3.63) is 42.0 Å². The van der Waals surface area contributed by atoms with Gasteiger partial charge in [-0.15, -0.1) is 0 Å². The maximum atomic E-state index is 12.3. The summed E-state index contributed by atoms with van der Waals surface area (Å²) in [6, 6.07) is 11.2. The summed E-state index contributed by atoms with van der Waals surface area (Å²) in [5, 5.41) is 10.9. The van der Waals surface area contributed by atoms with Gasteiger partial charge in [-0.1, -0.05) is 64.3 Å². The predicted molar refractivity (Wildman–Crippen MR) is 132 cm³/mol. The van der Waals surface area contributed by atoms with Crippen LogP contribution in [0.3, 0.4) is 0 Å². The topological polar surface area (TPSA) is 49.8 Å². The number of hydrogen-bond acceptors (Lipinski definition) is 3. The van der Waals surface area contributed by atoms with E-state index in [9.17, 15) is 9.32 Å². The van der Waals surface area contributed by atoms with E-state index >= 15 is 0 Å². The van der Waals surface area contributed by atoms with Crippen molar-refractivity contribution in [1.82, 2.24) is 4.90 Å². The Morgan fingerprint density at radius 1 is 1.06 bits per heavy atom. The summed E-state index contributed by atoms with van der Waals surface area (Å²) in [6.07, 6.45) is 9.51. The average molecular weight is 458 g/mol. The maximum Gasteiger partial charge on any atom is 0.303 e. The molecule has 1 aliphatic heterocycles. The summed E-state index contributed by atoms with van der Waals surface area (Å²) >= 11 is 0. The number of nitrogens with zero attached hydrogens (tertiary/aromatic N) is 1. The predicted octanol–water partition coefficient (Wildman–Crippen LogP) is 7.40. The van der Waals surface area contributed by atoms with Crippen molar-refractivity contribution in [2.45, 2.75) is 78.7 Å². The van der Waals surface area contributed by atoms with Crippen LogP contribution < -0.4 is 4.94 Å². The van der Waals surface area contributed by atoms with Crippen molar-refractivity contribution < 1.29 is 19.4 Å². The van der Waals surface area contributed by atoms with E-state index in [-0.39, 0.29) is 12.2 Å². The van der Waals surface area contributed by atoms with Crippen LogP contribution in [0.25, 0.3) is 10.8 Å². The Morgan fingerprint density at radius 3 is 2.33 bits per heavy atom. The van der Waals surface area contributed by atoms with E-state index in [1.54, 1.807) is 12.1 Å². The molecule has 1 heterocycles. The molecule has 5 heteroatoms. The molecule has 0 unspecified atom stereocenters. The number of piperidine rings is 1. The number of aliphatic carboxylic acids is 1. The smallest absolute Gasteiger partial charge is 0.303 e. The van der Waals surface area contributed by atoms with Gasteiger partial charge in [0.05, 0.1) is 0 Å². The number of hydrogen-bond donors (Lipinski definition) is 1. The minimum Gasteiger partial charge on any atom is -0.481 e. The highest BCUT2D eigenvalue weighted by molar-refractivity contribution is 5.87. The Hall–Kier alpha value is -2.14. The van der Waals surface area contributed by atoms with E-state index in [0.29, 0.717) is 11.3 Å². The monoisotopic (exact) mass is 457 g/mol. The molecule has 2 aliphatic rings. The molecule has 0 bridgehead atoms. The highest BCUT2D eigenvalue weighted by atomic mass is 19.3. The number of carboxylic acids is 1. The van der Waals surface area contributed by atoms with Gasteiger partial charge in [0.1, 0.15) is 0 Å². The van der Waals surface area contributed by atoms with Crippen molar-refractivity contribution >= 4 is 16.7 Å². The molecule has 4 nitrogen and oxygen atoms in total. The number of benzene rings is 2. The fraction of sp³-hybridized carbons (Fsp3) is 0.607. The quantitative estimate of drug-likeness (QED) is 0.508. The van der Waals surface area contributed by atoms with E-state index in [1.807, 2.05) is 18.2 Å². The van der Waals surface area contributed by atoms with Gasteiger partial charge in [0.2, 0.25) is 0 Å². The van der Waals surface area contributed by atoms with Gasteiger partial charge in [-0.05, 0) is 84.5 Å². The van der Waals surface area contributed by atoms with Crippen molar-refractivity contribution in [3.8, 4) is 5.75 Å². The van der Waals surface area contributed by atoms with Gasteiger partial charge < -0.3 is 5.11 Å². The fourth-order valence-corrected chi connectivity index (χ4v) is 5.32. The lowest BCUT2D eigenvalue weighted by Crippen LogP contribution is -2.33. The summed E-state index contributed by atoms with van der Waals surface area (Å²) < 4.78 is 12.3. The number of carboxylic acid groups (broad SMARTS) is 1. The van der Waals surface area contributed by atoms with Crippen LogP contribution in [-0.2, 0) is 11.3 Å². The molecule has 33 heavy (non-hydrogen) atoms. The molecule has 2 aromatic rings. The summed E-state index contributed by atoms with van der Waals surface area (Å²) in [5.41, 5.74) is 1.77. The third-order valence-corrected chi connectivity index (χ3v) is 7.43. The largest absolute Gasteiger partial charge is 0.481 e. The second-order valence-electron chi connectivity index (χ2n) is 10.9. The number of likely N-dealkylation sites (tertiary alicyclic amines) is 1. The first-order chi connectivity index (χ1) is 15.8. The third-order valence-electron chi connectivity index (χ3n) is 7.43. The first kappa shape index (κ1) is 25.5. The van der Waals surface area contributed by atoms with Crippen LogP contribution in [0.1, 0.15) is 77.7 Å². The molecule has 2 fully saturated rings. The second kappa shape index (κ2) is 11.8. The molecular weight excluding hydrogens is 417 g/mol. The van der Waals surface area contributed by atoms with Gasteiger partial charge in [0, 0.05) is 17.5 Å². The standard InChI is InChI=1S/C18H20FNO3.C10H20/c19-23-16-4-5-17-14(11-16)2-1-3-15(17)12-20-8-6-13(7-9-20)10-18(21)22;1-10(2,3)9-7-5-4-6-8-9/h1-5,11,13H,6-10,12H2,(H,21,22);9H,4-8H2,1-3H3. The Labute approximate surface area is 198 Å². The lowest BCUT2D eigenvalue weighted by molar-refractivity contribution is -0.138. The Balaban J connectivity index is 0.000000257. The minimum absolute atomic E-state index is 0.212. The lowest BCUT2D eigenvalue weighted by Gasteiger charge is -2.33. The highest BCUT2D eigenvalue weighted by Gasteiger charge is 2.25. The van der Waals surface area contributed by atoms with E-state index < -0.39 is 5.97 Å². The van der Waals surface area contributed by atoms with Crippen molar-refractivity contribution in [1.29, 1.82) is 0 Å². The number of carbonyl (C=O) groups is 1. The average Bonchev–Trinajstić information content (AvgIpc) is 2.80. The number of halogens is 1. The molecule has 1 aliphatic carbocycles. The highest BCUT2D eigenvalue weighted by Crippen LogP contribution is 2.37. The van der Waals surface area contributed by atoms with Crippen LogP contribution in [0.5, 0.6) is 5.75 Å². The molecule has 0 radical (unpaired) electrons. The molecule has 0 spiro atoms. The van der Waals surface area contributed by atoms with Crippen LogP contribution in [0.2, 0.25) is 0 Å². The molecule has 0 amide bonds. The van der Waals surface area contributed by atoms with Gasteiger partial charge in [-0.2, -0.15) is 0 Å². The van der Waals surface area contributed by atoms with E-state index in [4.69, 9.17) is 5.11 Å². The van der Waals surface area contributed by atoms with Crippen molar-refractivity contribution in [3.63, 3.8) is 0 Å². The van der Waals surface area contributed by atoms with Crippen LogP contribution in [0, 0.1) is 17.3 Å². The van der Waals surface area contributed by atoms with Crippen LogP contribution in [-0.4, -0.2) is 29.1 Å². The summed E-state index contributed by atoms with van der Waals surface area (Å²) in [5.74, 6) is 0.800. The zero-order valence-electron chi connectivity index (χ0n) is 20.5. The molecule has 0 aromatic heterocycles. The first-order valence-corrected chi connectivity index (χ1v) is 12.5. The minimum atomic E-state index is -0.705. The molecule has 2 aromatic carbocycles. The zero-order chi connectivity index (χ0) is 23.8. The van der Waals surface area contributed by atoms with E-state index in [0.717, 1.165) is 49.2 Å². The van der Waals surface area contributed by atoms with Crippen LogP contribution >= 0.6 is 0 Å². The zero-order valence-corrected chi connectivity index (χ0v) is 20.5. The summed E-state index contributed by atoms with van der Waals surface area (Å²) in [4.78, 5) is 16.9. The van der Waals surface area contributed by atoms with Gasteiger partial charge in [0.15, 0.2) is 5.75 Å². The van der Waals surface area contributed by atoms with Crippen molar-refractivity contribution in [2.75, 3.05) is 13.1 Å². The SMILES string of the molecule is CC(C)(C)C1CCCCC1.O=C(O)CC1CCN(Cc2cccc3cc(OF)ccc23)CC1. The third kappa shape index (κ3) is 7.70. The van der Waals surface area contributed by atoms with Crippen LogP contribution in [0.4, 0.5) is 4.53 Å². The molecule has 1 N–H and O–H groups in total. The van der Waals surface area contributed by atoms with Crippen LogP contribution in [0.15, 0.2) is 36.4 Å². The number of rotatable bonds is 5. The second-order valence-corrected chi connectivity index (χ2v) is 10.9. The maximum absolute atomic E-state index is 12.3. The number of fused-ring (bicyclic) bond motifs is 1. The van der Waals surface area contributed by atoms with Crippen molar-refractivity contribution in [2.24, 2.45) is 17.3 Å².